The summed E-state index contributed by atoms with van der Waals surface area (Å²) in [7, 11) is 1.62. The van der Waals surface area contributed by atoms with Crippen LogP contribution in [0.25, 0.3) is 0 Å². The van der Waals surface area contributed by atoms with Crippen molar-refractivity contribution < 1.29 is 14.3 Å². The van der Waals surface area contributed by atoms with E-state index in [2.05, 4.69) is 36.6 Å². The van der Waals surface area contributed by atoms with Crippen LogP contribution in [0.2, 0.25) is 0 Å². The van der Waals surface area contributed by atoms with Crippen LogP contribution in [-0.4, -0.2) is 33.5 Å². The number of para-hydroxylation sites is 1. The van der Waals surface area contributed by atoms with Crippen LogP contribution in [0.4, 0.5) is 11.6 Å². The van der Waals surface area contributed by atoms with E-state index in [4.69, 9.17) is 19.6 Å². The molecule has 1 aromatic heterocycles. The summed E-state index contributed by atoms with van der Waals surface area (Å²) in [5.74, 6) is 2.49. The number of carbonyl (C=O) groups is 1. The Morgan fingerprint density at radius 3 is 2.51 bits per heavy atom. The number of amides is 1. The van der Waals surface area contributed by atoms with Crippen LogP contribution in [0.1, 0.15) is 48.6 Å². The number of nitrogens with zero attached hydrogens (tertiary/aromatic N) is 3. The maximum absolute atomic E-state index is 13.9. The second-order valence-corrected chi connectivity index (χ2v) is 11.0. The highest BCUT2D eigenvalue weighted by atomic mass is 32.2. The molecule has 1 unspecified atom stereocenters. The van der Waals surface area contributed by atoms with E-state index < -0.39 is 6.04 Å². The number of aryl methyl sites for hydroxylation is 2. The van der Waals surface area contributed by atoms with E-state index in [1.807, 2.05) is 68.4 Å². The summed E-state index contributed by atoms with van der Waals surface area (Å²) in [6.45, 7) is 8.48. The van der Waals surface area contributed by atoms with Crippen LogP contribution in [0.5, 0.6) is 11.5 Å². The predicted molar refractivity (Wildman–Crippen MR) is 164 cm³/mol. The average molecular weight is 570 g/mol. The zero-order valence-corrected chi connectivity index (χ0v) is 24.8. The van der Waals surface area contributed by atoms with Gasteiger partial charge in [-0.3, -0.25) is 4.79 Å². The Balaban J connectivity index is 1.52. The van der Waals surface area contributed by atoms with Crippen LogP contribution >= 0.6 is 11.8 Å². The molecule has 41 heavy (non-hydrogen) atoms. The molecular weight excluding hydrogens is 534 g/mol. The Morgan fingerprint density at radius 1 is 1.02 bits per heavy atom. The molecule has 0 spiro atoms. The standard InChI is InChI=1S/C32H35N5O3S/c1-6-17-41-32-35-31-33-22(4)28(30(38)34-25-14-10-8-12-21(25)3)29(37(31)36-32)23-15-16-26(27(18-23)39-5)40-19-24-13-9-7-11-20(24)2/h7-16,18,29H,6,17,19H2,1-5H3,(H,34,38)(H,33,35,36). The molecule has 1 amide bonds. The van der Waals surface area contributed by atoms with Gasteiger partial charge in [-0.1, -0.05) is 67.2 Å². The first kappa shape index (κ1) is 28.3. The van der Waals surface area contributed by atoms with Gasteiger partial charge in [0.05, 0.1) is 12.7 Å². The maximum Gasteiger partial charge on any atom is 0.255 e. The van der Waals surface area contributed by atoms with E-state index in [1.54, 1.807) is 23.6 Å². The summed E-state index contributed by atoms with van der Waals surface area (Å²) >= 11 is 1.60. The lowest BCUT2D eigenvalue weighted by Gasteiger charge is -2.29. The highest BCUT2D eigenvalue weighted by Crippen LogP contribution is 2.40. The minimum Gasteiger partial charge on any atom is -0.493 e. The summed E-state index contributed by atoms with van der Waals surface area (Å²) in [5, 5.41) is 11.9. The fraction of sp³-hybridized carbons (Fsp3) is 0.281. The Morgan fingerprint density at radius 2 is 1.78 bits per heavy atom. The van der Waals surface area contributed by atoms with Gasteiger partial charge in [0, 0.05) is 17.1 Å². The van der Waals surface area contributed by atoms with E-state index in [0.717, 1.165) is 40.1 Å². The SMILES string of the molecule is CCCSc1nc2n(n1)C(c1ccc(OCc3ccccc3C)c(OC)c1)C(C(=O)Nc1ccccc1C)=C(C)N2. The van der Waals surface area contributed by atoms with Crippen molar-refractivity contribution in [2.24, 2.45) is 0 Å². The van der Waals surface area contributed by atoms with Crippen LogP contribution in [0, 0.1) is 13.8 Å². The summed E-state index contributed by atoms with van der Waals surface area (Å²) < 4.78 is 13.7. The lowest BCUT2D eigenvalue weighted by Crippen LogP contribution is -2.31. The first-order valence-electron chi connectivity index (χ1n) is 13.7. The van der Waals surface area contributed by atoms with Gasteiger partial charge < -0.3 is 20.1 Å². The van der Waals surface area contributed by atoms with E-state index in [-0.39, 0.29) is 5.91 Å². The quantitative estimate of drug-likeness (QED) is 0.201. The number of anilines is 2. The number of carbonyl (C=O) groups excluding carboxylic acids is 1. The number of ether oxygens (including phenoxy) is 2. The number of hydrogen-bond donors (Lipinski definition) is 2. The summed E-state index contributed by atoms with van der Waals surface area (Å²) in [6, 6.07) is 21.1. The van der Waals surface area contributed by atoms with Gasteiger partial charge in [0.15, 0.2) is 11.5 Å². The normalized spacial score (nSPS) is 14.3. The molecule has 0 saturated carbocycles. The number of rotatable bonds is 10. The van der Waals surface area contributed by atoms with Gasteiger partial charge in [0.1, 0.15) is 12.6 Å². The van der Waals surface area contributed by atoms with Crippen LogP contribution < -0.4 is 20.1 Å². The average Bonchev–Trinajstić information content (AvgIpc) is 3.38. The van der Waals surface area contributed by atoms with Crippen molar-refractivity contribution in [3.05, 3.63) is 100 Å². The summed E-state index contributed by atoms with van der Waals surface area (Å²) in [4.78, 5) is 18.6. The Hall–Kier alpha value is -4.24. The van der Waals surface area contributed by atoms with E-state index in [1.165, 1.54) is 0 Å². The Bertz CT molecular complexity index is 1600. The van der Waals surface area contributed by atoms with Crippen molar-refractivity contribution in [1.82, 2.24) is 14.8 Å². The van der Waals surface area contributed by atoms with Gasteiger partial charge in [0.2, 0.25) is 11.1 Å². The minimum absolute atomic E-state index is 0.211. The number of hydrogen-bond acceptors (Lipinski definition) is 7. The molecule has 5 rings (SSSR count). The molecule has 0 saturated heterocycles. The van der Waals surface area contributed by atoms with Gasteiger partial charge in [-0.05, 0) is 67.6 Å². The number of benzene rings is 3. The van der Waals surface area contributed by atoms with Crippen LogP contribution in [0.15, 0.2) is 83.2 Å². The van der Waals surface area contributed by atoms with Gasteiger partial charge in [0.25, 0.3) is 5.91 Å². The zero-order valence-electron chi connectivity index (χ0n) is 24.0. The smallest absolute Gasteiger partial charge is 0.255 e. The lowest BCUT2D eigenvalue weighted by molar-refractivity contribution is -0.113. The maximum atomic E-state index is 13.9. The molecule has 1 aliphatic heterocycles. The third kappa shape index (κ3) is 6.10. The lowest BCUT2D eigenvalue weighted by atomic mass is 9.94. The Labute approximate surface area is 245 Å². The number of aromatic nitrogens is 3. The molecule has 0 aliphatic carbocycles. The highest BCUT2D eigenvalue weighted by molar-refractivity contribution is 7.99. The van der Waals surface area contributed by atoms with Crippen molar-refractivity contribution in [2.45, 2.75) is 51.9 Å². The molecule has 212 valence electrons. The van der Waals surface area contributed by atoms with Crippen molar-refractivity contribution in [2.75, 3.05) is 23.5 Å². The molecule has 8 nitrogen and oxygen atoms in total. The Kier molecular flexibility index (Phi) is 8.64. The monoisotopic (exact) mass is 569 g/mol. The van der Waals surface area contributed by atoms with E-state index in [0.29, 0.717) is 40.5 Å². The topological polar surface area (TPSA) is 90.3 Å². The third-order valence-electron chi connectivity index (χ3n) is 7.05. The van der Waals surface area contributed by atoms with Crippen molar-refractivity contribution in [3.63, 3.8) is 0 Å². The molecular formula is C32H35N5O3S. The molecule has 2 heterocycles. The molecule has 2 N–H and O–H groups in total. The molecule has 4 aromatic rings. The molecule has 9 heteroatoms. The fourth-order valence-corrected chi connectivity index (χ4v) is 5.48. The minimum atomic E-state index is -0.530. The first-order valence-corrected chi connectivity index (χ1v) is 14.7. The second-order valence-electron chi connectivity index (χ2n) is 9.97. The number of thioether (sulfide) groups is 1. The largest absolute Gasteiger partial charge is 0.493 e. The van der Waals surface area contributed by atoms with Gasteiger partial charge in [-0.2, -0.15) is 4.98 Å². The number of methoxy groups -OCH3 is 1. The highest BCUT2D eigenvalue weighted by Gasteiger charge is 2.35. The first-order chi connectivity index (χ1) is 19.9. The predicted octanol–water partition coefficient (Wildman–Crippen LogP) is 6.91. The van der Waals surface area contributed by atoms with Crippen molar-refractivity contribution in [1.29, 1.82) is 0 Å². The second kappa shape index (κ2) is 12.5. The van der Waals surface area contributed by atoms with Crippen LogP contribution in [-0.2, 0) is 11.4 Å². The molecule has 3 aromatic carbocycles. The summed E-state index contributed by atoms with van der Waals surface area (Å²) in [5.41, 5.74) is 6.11. The number of allylic oxidation sites excluding steroid dienone is 1. The number of nitrogens with one attached hydrogen (secondary N) is 2. The molecule has 1 aliphatic rings. The van der Waals surface area contributed by atoms with Crippen molar-refractivity contribution >= 4 is 29.3 Å². The molecule has 0 radical (unpaired) electrons. The molecule has 0 bridgehead atoms. The molecule has 1 atom stereocenters. The van der Waals surface area contributed by atoms with E-state index in [9.17, 15) is 4.79 Å². The van der Waals surface area contributed by atoms with Crippen LogP contribution in [0.3, 0.4) is 0 Å². The van der Waals surface area contributed by atoms with E-state index >= 15 is 0 Å². The van der Waals surface area contributed by atoms with Gasteiger partial charge in [-0.25, -0.2) is 4.68 Å². The zero-order chi connectivity index (χ0) is 28.9. The van der Waals surface area contributed by atoms with Gasteiger partial charge in [-0.15, -0.1) is 5.10 Å². The van der Waals surface area contributed by atoms with Gasteiger partial charge >= 0.3 is 0 Å². The fourth-order valence-electron chi connectivity index (χ4n) is 4.79. The third-order valence-corrected chi connectivity index (χ3v) is 8.10. The number of fused-ring (bicyclic) bond motifs is 1. The summed E-state index contributed by atoms with van der Waals surface area (Å²) in [6.07, 6.45) is 1.01. The molecule has 0 fully saturated rings. The van der Waals surface area contributed by atoms with Crippen molar-refractivity contribution in [3.8, 4) is 11.5 Å².